The molecule has 3 heteroatoms. The summed E-state index contributed by atoms with van der Waals surface area (Å²) in [5.74, 6) is 0.573. The largest absolute Gasteiger partial charge is 0.497 e. The minimum Gasteiger partial charge on any atom is -0.497 e. The second kappa shape index (κ2) is 4.87. The predicted octanol–water partition coefficient (Wildman–Crippen LogP) is 3.60. The summed E-state index contributed by atoms with van der Waals surface area (Å²) in [5.41, 5.74) is 1.80. The Bertz CT molecular complexity index is 496. The maximum Gasteiger partial charge on any atom is 0.125 e. The molecule has 2 aromatic rings. The molecule has 0 amide bonds. The average Bonchev–Trinajstić information content (AvgIpc) is 2.38. The lowest BCUT2D eigenvalue weighted by molar-refractivity contribution is 0.415. The molecule has 0 N–H and O–H groups in total. The summed E-state index contributed by atoms with van der Waals surface area (Å²) in [7, 11) is 3.53. The predicted molar refractivity (Wildman–Crippen MR) is 67.5 cm³/mol. The highest BCUT2D eigenvalue weighted by Crippen LogP contribution is 2.25. The molecule has 0 unspecified atom stereocenters. The summed E-state index contributed by atoms with van der Waals surface area (Å²) >= 11 is 0. The number of methoxy groups -OCH3 is 1. The Morgan fingerprint density at radius 1 is 1.00 bits per heavy atom. The summed E-state index contributed by atoms with van der Waals surface area (Å²) in [6.45, 7) is 0. The first-order valence-electron chi connectivity index (χ1n) is 5.34. The van der Waals surface area contributed by atoms with E-state index < -0.39 is 0 Å². The molecule has 2 aromatic carbocycles. The Balaban J connectivity index is 2.27. The fraction of sp³-hybridized carbons (Fsp3) is 0.143. The summed E-state index contributed by atoms with van der Waals surface area (Å²) in [6.07, 6.45) is 0. The molecule has 0 saturated heterocycles. The van der Waals surface area contributed by atoms with Gasteiger partial charge in [0.2, 0.25) is 0 Å². The van der Waals surface area contributed by atoms with E-state index in [-0.39, 0.29) is 5.82 Å². The van der Waals surface area contributed by atoms with E-state index in [4.69, 9.17) is 4.74 Å². The number of hydrogen-bond donors (Lipinski definition) is 0. The van der Waals surface area contributed by atoms with Crippen molar-refractivity contribution < 1.29 is 9.13 Å². The van der Waals surface area contributed by atoms with Crippen LogP contribution >= 0.6 is 0 Å². The Labute approximate surface area is 100 Å². The maximum absolute atomic E-state index is 13.1. The minimum atomic E-state index is -0.233. The summed E-state index contributed by atoms with van der Waals surface area (Å²) < 4.78 is 18.2. The Kier molecular flexibility index (Phi) is 3.28. The van der Waals surface area contributed by atoms with Gasteiger partial charge in [0.1, 0.15) is 11.6 Å². The van der Waals surface area contributed by atoms with E-state index >= 15 is 0 Å². The van der Waals surface area contributed by atoms with Gasteiger partial charge in [-0.3, -0.25) is 0 Å². The number of rotatable bonds is 3. The zero-order chi connectivity index (χ0) is 12.3. The molecule has 2 nitrogen and oxygen atoms in total. The second-order valence-corrected chi connectivity index (χ2v) is 3.74. The van der Waals surface area contributed by atoms with E-state index in [2.05, 4.69) is 0 Å². The minimum absolute atomic E-state index is 0.233. The van der Waals surface area contributed by atoms with E-state index in [1.807, 2.05) is 42.3 Å². The number of nitrogens with zero attached hydrogens (tertiary/aromatic N) is 1. The van der Waals surface area contributed by atoms with Crippen LogP contribution in [0.1, 0.15) is 0 Å². The molecule has 0 radical (unpaired) electrons. The molecule has 0 bridgehead atoms. The van der Waals surface area contributed by atoms with Crippen molar-refractivity contribution in [2.24, 2.45) is 0 Å². The van der Waals surface area contributed by atoms with Crippen LogP contribution in [0.5, 0.6) is 5.75 Å². The monoisotopic (exact) mass is 231 g/mol. The highest BCUT2D eigenvalue weighted by atomic mass is 19.1. The van der Waals surface area contributed by atoms with Crippen LogP contribution in [0.3, 0.4) is 0 Å². The van der Waals surface area contributed by atoms with Gasteiger partial charge in [-0.05, 0) is 42.5 Å². The first-order chi connectivity index (χ1) is 8.20. The van der Waals surface area contributed by atoms with Gasteiger partial charge in [0.15, 0.2) is 0 Å². The van der Waals surface area contributed by atoms with Crippen molar-refractivity contribution in [3.63, 3.8) is 0 Å². The highest BCUT2D eigenvalue weighted by molar-refractivity contribution is 5.62. The lowest BCUT2D eigenvalue weighted by Crippen LogP contribution is -2.09. The maximum atomic E-state index is 13.1. The average molecular weight is 231 g/mol. The Hall–Kier alpha value is -2.03. The third-order valence-electron chi connectivity index (χ3n) is 2.66. The normalized spacial score (nSPS) is 10.1. The molecule has 17 heavy (non-hydrogen) atoms. The number of benzene rings is 2. The first kappa shape index (κ1) is 11.5. The third kappa shape index (κ3) is 2.56. The smallest absolute Gasteiger partial charge is 0.125 e. The fourth-order valence-electron chi connectivity index (χ4n) is 1.64. The molecular formula is C14H14FNO. The van der Waals surface area contributed by atoms with Crippen molar-refractivity contribution in [2.45, 2.75) is 0 Å². The zero-order valence-electron chi connectivity index (χ0n) is 9.85. The van der Waals surface area contributed by atoms with Crippen LogP contribution in [-0.4, -0.2) is 14.2 Å². The van der Waals surface area contributed by atoms with Crippen LogP contribution in [0.15, 0.2) is 48.5 Å². The van der Waals surface area contributed by atoms with Gasteiger partial charge < -0.3 is 9.64 Å². The van der Waals surface area contributed by atoms with Crippen molar-refractivity contribution in [1.82, 2.24) is 0 Å². The number of halogens is 1. The summed E-state index contributed by atoms with van der Waals surface area (Å²) in [4.78, 5) is 1.92. The quantitative estimate of drug-likeness (QED) is 0.800. The Morgan fingerprint density at radius 3 is 2.29 bits per heavy atom. The lowest BCUT2D eigenvalue weighted by Gasteiger charge is -2.19. The molecule has 0 aliphatic carbocycles. The van der Waals surface area contributed by atoms with Crippen molar-refractivity contribution in [3.05, 3.63) is 54.3 Å². The van der Waals surface area contributed by atoms with E-state index in [0.29, 0.717) is 0 Å². The van der Waals surface area contributed by atoms with Gasteiger partial charge in [0.25, 0.3) is 0 Å². The van der Waals surface area contributed by atoms with Crippen LogP contribution in [0.4, 0.5) is 15.8 Å². The third-order valence-corrected chi connectivity index (χ3v) is 2.66. The van der Waals surface area contributed by atoms with E-state index in [0.717, 1.165) is 17.1 Å². The zero-order valence-corrected chi connectivity index (χ0v) is 9.85. The van der Waals surface area contributed by atoms with Crippen LogP contribution < -0.4 is 9.64 Å². The molecule has 0 saturated carbocycles. The number of anilines is 2. The molecule has 2 rings (SSSR count). The first-order valence-corrected chi connectivity index (χ1v) is 5.34. The number of ether oxygens (including phenoxy) is 1. The van der Waals surface area contributed by atoms with Crippen molar-refractivity contribution >= 4 is 11.4 Å². The van der Waals surface area contributed by atoms with Gasteiger partial charge in [0.05, 0.1) is 7.11 Å². The van der Waals surface area contributed by atoms with Crippen molar-refractivity contribution in [3.8, 4) is 5.75 Å². The number of hydrogen-bond acceptors (Lipinski definition) is 2. The van der Waals surface area contributed by atoms with Gasteiger partial charge >= 0.3 is 0 Å². The summed E-state index contributed by atoms with van der Waals surface area (Å²) in [6, 6.07) is 14.1. The molecule has 0 heterocycles. The van der Waals surface area contributed by atoms with Gasteiger partial charge in [0, 0.05) is 18.4 Å². The van der Waals surface area contributed by atoms with Crippen LogP contribution in [-0.2, 0) is 0 Å². The van der Waals surface area contributed by atoms with Gasteiger partial charge in [-0.25, -0.2) is 4.39 Å². The molecule has 0 aliphatic heterocycles. The van der Waals surface area contributed by atoms with Gasteiger partial charge in [-0.2, -0.15) is 0 Å². The van der Waals surface area contributed by atoms with E-state index in [1.54, 1.807) is 13.2 Å². The molecular weight excluding hydrogens is 217 g/mol. The standard InChI is InChI=1S/C14H14FNO/c1-16(13-5-3-4-11(15)10-13)12-6-8-14(17-2)9-7-12/h3-10H,1-2H3. The second-order valence-electron chi connectivity index (χ2n) is 3.74. The van der Waals surface area contributed by atoms with Gasteiger partial charge in [-0.15, -0.1) is 0 Å². The highest BCUT2D eigenvalue weighted by Gasteiger charge is 2.04. The SMILES string of the molecule is COc1ccc(N(C)c2cccc(F)c2)cc1. The molecule has 0 aromatic heterocycles. The molecule has 88 valence electrons. The van der Waals surface area contributed by atoms with Crippen LogP contribution in [0, 0.1) is 5.82 Å². The Morgan fingerprint density at radius 2 is 1.71 bits per heavy atom. The van der Waals surface area contributed by atoms with Crippen LogP contribution in [0.25, 0.3) is 0 Å². The topological polar surface area (TPSA) is 12.5 Å². The fourth-order valence-corrected chi connectivity index (χ4v) is 1.64. The molecule has 0 fully saturated rings. The lowest BCUT2D eigenvalue weighted by atomic mass is 10.2. The molecule has 0 atom stereocenters. The van der Waals surface area contributed by atoms with Crippen molar-refractivity contribution in [1.29, 1.82) is 0 Å². The van der Waals surface area contributed by atoms with E-state index in [9.17, 15) is 4.39 Å². The van der Waals surface area contributed by atoms with E-state index in [1.165, 1.54) is 12.1 Å². The molecule has 0 aliphatic rings. The van der Waals surface area contributed by atoms with Crippen LogP contribution in [0.2, 0.25) is 0 Å². The van der Waals surface area contributed by atoms with Gasteiger partial charge in [-0.1, -0.05) is 6.07 Å². The van der Waals surface area contributed by atoms with Crippen molar-refractivity contribution in [2.75, 3.05) is 19.1 Å². The molecule has 0 spiro atoms. The summed E-state index contributed by atoms with van der Waals surface area (Å²) in [5, 5.41) is 0.